The second kappa shape index (κ2) is 7.88. The van der Waals surface area contributed by atoms with Gasteiger partial charge in [-0.2, -0.15) is 5.10 Å². The molecule has 176 valence electrons. The molecule has 0 saturated carbocycles. The highest BCUT2D eigenvalue weighted by atomic mass is 19.1. The maximum Gasteiger partial charge on any atom is 0.214 e. The van der Waals surface area contributed by atoms with Gasteiger partial charge in [0.25, 0.3) is 0 Å². The number of imidazole rings is 1. The van der Waals surface area contributed by atoms with Gasteiger partial charge in [-0.15, -0.1) is 0 Å². The molecule has 1 aliphatic heterocycles. The van der Waals surface area contributed by atoms with E-state index < -0.39 is 12.2 Å². The van der Waals surface area contributed by atoms with E-state index in [9.17, 15) is 14.0 Å². The van der Waals surface area contributed by atoms with E-state index in [2.05, 4.69) is 25.4 Å². The summed E-state index contributed by atoms with van der Waals surface area (Å²) in [5.74, 6) is 0.392. The SMILES string of the molecule is Cc1nc2cc(-n3ncc(C(=O)c4cc5cc(C(=O)C6NCC[C@@H]6F)ccc5[nH]4)c3N)ccc2[nH]1. The molecule has 2 aromatic carbocycles. The molecule has 35 heavy (non-hydrogen) atoms. The van der Waals surface area contributed by atoms with Crippen molar-refractivity contribution in [2.45, 2.75) is 25.6 Å². The summed E-state index contributed by atoms with van der Waals surface area (Å²) in [7, 11) is 0. The van der Waals surface area contributed by atoms with E-state index in [-0.39, 0.29) is 22.9 Å². The minimum absolute atomic E-state index is 0.206. The minimum Gasteiger partial charge on any atom is -0.383 e. The molecule has 4 heterocycles. The summed E-state index contributed by atoms with van der Waals surface area (Å²) in [6, 6.07) is 11.4. The van der Waals surface area contributed by atoms with Crippen molar-refractivity contribution in [3.8, 4) is 5.69 Å². The standard InChI is InChI=1S/C25H22FN7O2/c1-12-30-19-5-3-15(10-20(19)31-12)33-25(27)16(11-29-33)24(35)21-9-14-8-13(2-4-18(14)32-21)23(34)22-17(26)6-7-28-22/h2-5,8-11,17,22,28,32H,6-7,27H2,1H3,(H,30,31)/t17-,22?/m0/s1. The van der Waals surface area contributed by atoms with E-state index >= 15 is 0 Å². The third-order valence-corrected chi connectivity index (χ3v) is 6.46. The zero-order valence-electron chi connectivity index (χ0n) is 18.8. The van der Waals surface area contributed by atoms with Crippen LogP contribution in [0.2, 0.25) is 0 Å². The molecule has 1 fully saturated rings. The Bertz CT molecular complexity index is 1630. The van der Waals surface area contributed by atoms with Gasteiger partial charge < -0.3 is 21.0 Å². The van der Waals surface area contributed by atoms with Gasteiger partial charge in [0, 0.05) is 16.5 Å². The summed E-state index contributed by atoms with van der Waals surface area (Å²) in [6.45, 7) is 2.36. The number of nitrogens with two attached hydrogens (primary N) is 1. The van der Waals surface area contributed by atoms with Crippen LogP contribution >= 0.6 is 0 Å². The Morgan fingerprint density at radius 1 is 1.11 bits per heavy atom. The van der Waals surface area contributed by atoms with Gasteiger partial charge in [0.2, 0.25) is 5.78 Å². The summed E-state index contributed by atoms with van der Waals surface area (Å²) in [4.78, 5) is 36.7. The third kappa shape index (κ3) is 3.50. The van der Waals surface area contributed by atoms with Crippen LogP contribution in [0.15, 0.2) is 48.7 Å². The summed E-state index contributed by atoms with van der Waals surface area (Å²) < 4.78 is 15.5. The molecule has 0 radical (unpaired) electrons. The summed E-state index contributed by atoms with van der Waals surface area (Å²) in [5.41, 5.74) is 10.3. The number of nitrogens with one attached hydrogen (secondary N) is 3. The molecule has 1 unspecified atom stereocenters. The number of fused-ring (bicyclic) bond motifs is 2. The molecule has 0 aliphatic carbocycles. The van der Waals surface area contributed by atoms with Gasteiger partial charge in [-0.25, -0.2) is 14.1 Å². The Morgan fingerprint density at radius 2 is 1.94 bits per heavy atom. The predicted octanol–water partition coefficient (Wildman–Crippen LogP) is 3.23. The number of H-pyrrole nitrogens is 2. The molecule has 10 heteroatoms. The Hall–Kier alpha value is -4.31. The topological polar surface area (TPSA) is 134 Å². The number of carbonyl (C=O) groups is 2. The van der Waals surface area contributed by atoms with Crippen molar-refractivity contribution in [2.24, 2.45) is 0 Å². The van der Waals surface area contributed by atoms with Gasteiger partial charge in [0.05, 0.1) is 34.2 Å². The molecule has 0 bridgehead atoms. The lowest BCUT2D eigenvalue weighted by Gasteiger charge is -2.11. The lowest BCUT2D eigenvalue weighted by atomic mass is 10.0. The highest BCUT2D eigenvalue weighted by molar-refractivity contribution is 6.13. The van der Waals surface area contributed by atoms with Gasteiger partial charge in [-0.1, -0.05) is 0 Å². The number of carbonyl (C=O) groups excluding carboxylic acids is 2. The van der Waals surface area contributed by atoms with Crippen LogP contribution in [0.5, 0.6) is 0 Å². The maximum atomic E-state index is 14.0. The van der Waals surface area contributed by atoms with Crippen molar-refractivity contribution in [3.63, 3.8) is 0 Å². The average Bonchev–Trinajstić information content (AvgIpc) is 3.62. The number of rotatable bonds is 5. The fourth-order valence-corrected chi connectivity index (χ4v) is 4.65. The van der Waals surface area contributed by atoms with Crippen molar-refractivity contribution in [1.29, 1.82) is 0 Å². The molecule has 1 aliphatic rings. The molecule has 2 atom stereocenters. The van der Waals surface area contributed by atoms with Crippen molar-refractivity contribution in [3.05, 3.63) is 71.3 Å². The number of aromatic nitrogens is 5. The second-order valence-corrected chi connectivity index (χ2v) is 8.79. The molecular weight excluding hydrogens is 449 g/mol. The monoisotopic (exact) mass is 471 g/mol. The average molecular weight is 471 g/mol. The van der Waals surface area contributed by atoms with Crippen LogP contribution in [0.4, 0.5) is 10.2 Å². The smallest absolute Gasteiger partial charge is 0.214 e. The van der Waals surface area contributed by atoms with Gasteiger partial charge >= 0.3 is 0 Å². The van der Waals surface area contributed by atoms with Gasteiger partial charge in [0.1, 0.15) is 23.9 Å². The van der Waals surface area contributed by atoms with Crippen molar-refractivity contribution < 1.29 is 14.0 Å². The van der Waals surface area contributed by atoms with E-state index in [1.165, 1.54) is 10.9 Å². The van der Waals surface area contributed by atoms with Crippen LogP contribution in [0.25, 0.3) is 27.6 Å². The largest absolute Gasteiger partial charge is 0.383 e. The predicted molar refractivity (Wildman–Crippen MR) is 130 cm³/mol. The summed E-state index contributed by atoms with van der Waals surface area (Å²) in [5, 5.41) is 7.91. The number of aromatic amines is 2. The normalized spacial score (nSPS) is 18.0. The fourth-order valence-electron chi connectivity index (χ4n) is 4.65. The first kappa shape index (κ1) is 21.2. The molecular formula is C25H22FN7O2. The number of halogens is 1. The van der Waals surface area contributed by atoms with E-state index in [1.54, 1.807) is 24.3 Å². The number of hydrogen-bond donors (Lipinski definition) is 4. The van der Waals surface area contributed by atoms with Crippen LogP contribution in [0.1, 0.15) is 38.7 Å². The number of anilines is 1. The number of ketones is 2. The van der Waals surface area contributed by atoms with E-state index in [1.807, 2.05) is 25.1 Å². The van der Waals surface area contributed by atoms with Gasteiger partial charge in [-0.05, 0) is 62.4 Å². The molecule has 9 nitrogen and oxygen atoms in total. The number of nitrogen functional groups attached to an aromatic ring is 1. The van der Waals surface area contributed by atoms with Crippen molar-refractivity contribution in [1.82, 2.24) is 30.0 Å². The Labute approximate surface area is 198 Å². The van der Waals surface area contributed by atoms with Gasteiger partial charge in [-0.3, -0.25) is 9.59 Å². The zero-order valence-corrected chi connectivity index (χ0v) is 18.8. The highest BCUT2D eigenvalue weighted by Gasteiger charge is 2.33. The first-order chi connectivity index (χ1) is 16.9. The number of alkyl halides is 1. The van der Waals surface area contributed by atoms with Crippen LogP contribution in [0, 0.1) is 6.92 Å². The third-order valence-electron chi connectivity index (χ3n) is 6.46. The molecule has 3 aromatic heterocycles. The molecule has 5 aromatic rings. The maximum absolute atomic E-state index is 14.0. The minimum atomic E-state index is -1.20. The molecule has 0 amide bonds. The molecule has 1 saturated heterocycles. The quantitative estimate of drug-likeness (QED) is 0.291. The van der Waals surface area contributed by atoms with Crippen LogP contribution < -0.4 is 11.1 Å². The van der Waals surface area contributed by atoms with Crippen molar-refractivity contribution >= 4 is 39.3 Å². The number of nitrogens with zero attached hydrogens (tertiary/aromatic N) is 3. The Balaban J connectivity index is 1.30. The number of hydrogen-bond acceptors (Lipinski definition) is 6. The van der Waals surface area contributed by atoms with Gasteiger partial charge in [0.15, 0.2) is 5.78 Å². The number of benzene rings is 2. The zero-order chi connectivity index (χ0) is 24.3. The first-order valence-corrected chi connectivity index (χ1v) is 11.3. The lowest BCUT2D eigenvalue weighted by molar-refractivity contribution is 0.0914. The molecule has 0 spiro atoms. The van der Waals surface area contributed by atoms with E-state index in [0.717, 1.165) is 16.9 Å². The van der Waals surface area contributed by atoms with E-state index in [0.29, 0.717) is 40.8 Å². The number of aryl methyl sites for hydroxylation is 1. The Morgan fingerprint density at radius 3 is 2.74 bits per heavy atom. The first-order valence-electron chi connectivity index (χ1n) is 11.3. The fraction of sp³-hybridized carbons (Fsp3) is 0.200. The second-order valence-electron chi connectivity index (χ2n) is 8.79. The summed E-state index contributed by atoms with van der Waals surface area (Å²) in [6.07, 6.45) is 0.565. The lowest BCUT2D eigenvalue weighted by Crippen LogP contribution is -2.36. The van der Waals surface area contributed by atoms with E-state index in [4.69, 9.17) is 5.73 Å². The van der Waals surface area contributed by atoms with Crippen molar-refractivity contribution in [2.75, 3.05) is 12.3 Å². The Kier molecular flexibility index (Phi) is 4.78. The van der Waals surface area contributed by atoms with Crippen LogP contribution in [-0.4, -0.2) is 55.1 Å². The van der Waals surface area contributed by atoms with Crippen LogP contribution in [0.3, 0.4) is 0 Å². The molecule has 6 rings (SSSR count). The van der Waals surface area contributed by atoms with Crippen LogP contribution in [-0.2, 0) is 0 Å². The molecule has 5 N–H and O–H groups in total. The number of Topliss-reactive ketones (excluding diaryl/α,β-unsaturated/α-hetero) is 1. The highest BCUT2D eigenvalue weighted by Crippen LogP contribution is 2.25. The summed E-state index contributed by atoms with van der Waals surface area (Å²) >= 11 is 0.